The van der Waals surface area contributed by atoms with Gasteiger partial charge in [0.1, 0.15) is 6.04 Å². The van der Waals surface area contributed by atoms with Gasteiger partial charge < -0.3 is 10.2 Å². The van der Waals surface area contributed by atoms with Gasteiger partial charge in [-0.1, -0.05) is 60.2 Å². The van der Waals surface area contributed by atoms with Crippen LogP contribution in [0.15, 0.2) is 54.6 Å². The molecule has 27 heavy (non-hydrogen) atoms. The minimum absolute atomic E-state index is 0.00762. The van der Waals surface area contributed by atoms with E-state index < -0.39 is 6.04 Å². The van der Waals surface area contributed by atoms with Gasteiger partial charge in [-0.05, 0) is 45.2 Å². The molecule has 0 spiro atoms. The molecule has 0 aromatic heterocycles. The quantitative estimate of drug-likeness (QED) is 0.771. The summed E-state index contributed by atoms with van der Waals surface area (Å²) in [5, 5.41) is 2.92. The van der Waals surface area contributed by atoms with Gasteiger partial charge in [0.15, 0.2) is 0 Å². The third-order valence-electron chi connectivity index (χ3n) is 4.50. The summed E-state index contributed by atoms with van der Waals surface area (Å²) in [5.41, 5.74) is 3.30. The second kappa shape index (κ2) is 9.91. The number of hydrogen-bond donors (Lipinski definition) is 1. The van der Waals surface area contributed by atoms with E-state index in [0.29, 0.717) is 19.4 Å². The van der Waals surface area contributed by atoms with Crippen LogP contribution in [-0.2, 0) is 22.6 Å². The molecule has 0 fully saturated rings. The molecule has 0 saturated carbocycles. The second-order valence-electron chi connectivity index (χ2n) is 7.34. The molecular formula is C23H30N2O2. The molecule has 0 aliphatic carbocycles. The molecule has 4 heteroatoms. The van der Waals surface area contributed by atoms with E-state index in [0.717, 1.165) is 16.7 Å². The van der Waals surface area contributed by atoms with Crippen LogP contribution in [-0.4, -0.2) is 28.8 Å². The molecule has 2 aromatic carbocycles. The van der Waals surface area contributed by atoms with E-state index in [-0.39, 0.29) is 17.9 Å². The fourth-order valence-corrected chi connectivity index (χ4v) is 3.03. The number of aryl methyl sites for hydroxylation is 2. The van der Waals surface area contributed by atoms with Gasteiger partial charge in [-0.25, -0.2) is 0 Å². The lowest BCUT2D eigenvalue weighted by Gasteiger charge is -2.29. The highest BCUT2D eigenvalue weighted by Crippen LogP contribution is 2.14. The van der Waals surface area contributed by atoms with Crippen molar-refractivity contribution in [2.45, 2.75) is 59.2 Å². The smallest absolute Gasteiger partial charge is 0.242 e. The molecule has 0 aliphatic rings. The Balaban J connectivity index is 2.14. The fraction of sp³-hybridized carbons (Fsp3) is 0.391. The normalized spacial score (nSPS) is 11.9. The van der Waals surface area contributed by atoms with Gasteiger partial charge in [-0.2, -0.15) is 0 Å². The highest BCUT2D eigenvalue weighted by atomic mass is 16.2. The molecule has 1 N–H and O–H groups in total. The first kappa shape index (κ1) is 20.7. The number of nitrogens with one attached hydrogen (secondary N) is 1. The van der Waals surface area contributed by atoms with E-state index in [2.05, 4.69) is 11.4 Å². The first-order valence-electron chi connectivity index (χ1n) is 9.56. The highest BCUT2D eigenvalue weighted by molar-refractivity contribution is 5.87. The van der Waals surface area contributed by atoms with Crippen molar-refractivity contribution in [3.63, 3.8) is 0 Å². The summed E-state index contributed by atoms with van der Waals surface area (Å²) >= 11 is 0. The average Bonchev–Trinajstić information content (AvgIpc) is 2.64. The number of carbonyl (C=O) groups excluding carboxylic acids is 2. The van der Waals surface area contributed by atoms with Gasteiger partial charge in [-0.15, -0.1) is 0 Å². The van der Waals surface area contributed by atoms with E-state index in [1.165, 1.54) is 0 Å². The van der Waals surface area contributed by atoms with Crippen LogP contribution < -0.4 is 5.32 Å². The monoisotopic (exact) mass is 366 g/mol. The number of nitrogens with zero attached hydrogens (tertiary/aromatic N) is 1. The maximum Gasteiger partial charge on any atom is 0.242 e. The predicted octanol–water partition coefficient (Wildman–Crippen LogP) is 3.87. The number of amides is 2. The van der Waals surface area contributed by atoms with Crippen LogP contribution in [0.1, 0.15) is 43.9 Å². The number of carbonyl (C=O) groups is 2. The first-order chi connectivity index (χ1) is 12.9. The topological polar surface area (TPSA) is 49.4 Å². The number of hydrogen-bond acceptors (Lipinski definition) is 2. The van der Waals surface area contributed by atoms with Crippen LogP contribution in [0.25, 0.3) is 0 Å². The van der Waals surface area contributed by atoms with Crippen molar-refractivity contribution in [1.82, 2.24) is 10.2 Å². The zero-order valence-corrected chi connectivity index (χ0v) is 16.7. The standard InChI is InChI=1S/C23H30N2O2/c1-17(2)24-23(27)19(4)25(16-21-12-8-9-18(3)15-21)22(26)14-13-20-10-6-5-7-11-20/h5-12,15,17,19H,13-14,16H2,1-4H3,(H,24,27)/t19-/m1/s1. The Labute approximate surface area is 162 Å². The van der Waals surface area contributed by atoms with Crippen molar-refractivity contribution < 1.29 is 9.59 Å². The van der Waals surface area contributed by atoms with Crippen molar-refractivity contribution in [1.29, 1.82) is 0 Å². The van der Waals surface area contributed by atoms with Crippen molar-refractivity contribution in [3.05, 3.63) is 71.3 Å². The molecule has 0 unspecified atom stereocenters. The Morgan fingerprint density at radius 1 is 0.963 bits per heavy atom. The maximum atomic E-state index is 13.0. The van der Waals surface area contributed by atoms with Crippen molar-refractivity contribution >= 4 is 11.8 Å². The van der Waals surface area contributed by atoms with Crippen LogP contribution in [0.3, 0.4) is 0 Å². The van der Waals surface area contributed by atoms with E-state index in [4.69, 9.17) is 0 Å². The molecule has 2 amide bonds. The van der Waals surface area contributed by atoms with Gasteiger partial charge >= 0.3 is 0 Å². The summed E-state index contributed by atoms with van der Waals surface area (Å²) in [7, 11) is 0. The molecular weight excluding hydrogens is 336 g/mol. The van der Waals surface area contributed by atoms with Crippen LogP contribution in [0, 0.1) is 6.92 Å². The zero-order chi connectivity index (χ0) is 19.8. The van der Waals surface area contributed by atoms with Crippen LogP contribution >= 0.6 is 0 Å². The van der Waals surface area contributed by atoms with Crippen LogP contribution in [0.4, 0.5) is 0 Å². The summed E-state index contributed by atoms with van der Waals surface area (Å²) in [4.78, 5) is 27.2. The van der Waals surface area contributed by atoms with Gasteiger partial charge in [0.2, 0.25) is 11.8 Å². The SMILES string of the molecule is Cc1cccc(CN(C(=O)CCc2ccccc2)[C@H](C)C(=O)NC(C)C)c1. The van der Waals surface area contributed by atoms with Crippen molar-refractivity contribution in [2.75, 3.05) is 0 Å². The fourth-order valence-electron chi connectivity index (χ4n) is 3.03. The summed E-state index contributed by atoms with van der Waals surface area (Å²) < 4.78 is 0. The molecule has 4 nitrogen and oxygen atoms in total. The molecule has 0 saturated heterocycles. The minimum Gasteiger partial charge on any atom is -0.352 e. The van der Waals surface area contributed by atoms with Crippen LogP contribution in [0.2, 0.25) is 0 Å². The zero-order valence-electron chi connectivity index (χ0n) is 16.7. The Bertz CT molecular complexity index is 756. The lowest BCUT2D eigenvalue weighted by molar-refractivity contribution is -0.140. The molecule has 0 bridgehead atoms. The van der Waals surface area contributed by atoms with E-state index in [1.54, 1.807) is 11.8 Å². The maximum absolute atomic E-state index is 13.0. The molecule has 0 aliphatic heterocycles. The highest BCUT2D eigenvalue weighted by Gasteiger charge is 2.26. The molecule has 144 valence electrons. The summed E-state index contributed by atoms with van der Waals surface area (Å²) in [6, 6.07) is 17.6. The van der Waals surface area contributed by atoms with Gasteiger partial charge in [-0.3, -0.25) is 9.59 Å². The Kier molecular flexibility index (Phi) is 7.59. The predicted molar refractivity (Wildman–Crippen MR) is 109 cm³/mol. The van der Waals surface area contributed by atoms with E-state index in [1.807, 2.05) is 69.3 Å². The Morgan fingerprint density at radius 3 is 2.26 bits per heavy atom. The summed E-state index contributed by atoms with van der Waals surface area (Å²) in [6.45, 7) is 8.11. The van der Waals surface area contributed by atoms with Gasteiger partial charge in [0.05, 0.1) is 0 Å². The van der Waals surface area contributed by atoms with E-state index in [9.17, 15) is 9.59 Å². The minimum atomic E-state index is -0.517. The molecule has 1 atom stereocenters. The lowest BCUT2D eigenvalue weighted by Crippen LogP contribution is -2.49. The molecule has 2 aromatic rings. The lowest BCUT2D eigenvalue weighted by atomic mass is 10.1. The second-order valence-corrected chi connectivity index (χ2v) is 7.34. The Hall–Kier alpha value is -2.62. The number of rotatable bonds is 8. The number of benzene rings is 2. The van der Waals surface area contributed by atoms with Crippen LogP contribution in [0.5, 0.6) is 0 Å². The van der Waals surface area contributed by atoms with Crippen molar-refractivity contribution in [3.8, 4) is 0 Å². The molecule has 2 rings (SSSR count). The third kappa shape index (κ3) is 6.55. The first-order valence-corrected chi connectivity index (χ1v) is 9.56. The molecule has 0 radical (unpaired) electrons. The third-order valence-corrected chi connectivity index (χ3v) is 4.50. The molecule has 0 heterocycles. The summed E-state index contributed by atoms with van der Waals surface area (Å²) in [5.74, 6) is -0.127. The summed E-state index contributed by atoms with van der Waals surface area (Å²) in [6.07, 6.45) is 1.05. The van der Waals surface area contributed by atoms with E-state index >= 15 is 0 Å². The Morgan fingerprint density at radius 2 is 1.63 bits per heavy atom. The largest absolute Gasteiger partial charge is 0.352 e. The van der Waals surface area contributed by atoms with Crippen molar-refractivity contribution in [2.24, 2.45) is 0 Å². The average molecular weight is 367 g/mol. The van der Waals surface area contributed by atoms with Gasteiger partial charge in [0.25, 0.3) is 0 Å². The van der Waals surface area contributed by atoms with Gasteiger partial charge in [0, 0.05) is 19.0 Å².